The second kappa shape index (κ2) is 5.00. The number of hydrogen-bond donors (Lipinski definition) is 1. The maximum atomic E-state index is 12.9. The SMILES string of the molecule is CC(N)Cc1cn(-c2ccccc2C(F)(F)F)nn1. The summed E-state index contributed by atoms with van der Waals surface area (Å²) in [5.41, 5.74) is 5.39. The predicted octanol–water partition coefficient (Wildman–Crippen LogP) is 2.18. The summed E-state index contributed by atoms with van der Waals surface area (Å²) in [5, 5.41) is 7.55. The van der Waals surface area contributed by atoms with Crippen molar-refractivity contribution in [1.82, 2.24) is 15.0 Å². The molecule has 2 rings (SSSR count). The standard InChI is InChI=1S/C12H13F3N4/c1-8(16)6-9-7-19(18-17-9)11-5-3-2-4-10(11)12(13,14)15/h2-5,7-8H,6,16H2,1H3. The Hall–Kier alpha value is -1.89. The number of benzene rings is 1. The summed E-state index contributed by atoms with van der Waals surface area (Å²) in [7, 11) is 0. The van der Waals surface area contributed by atoms with Crippen molar-refractivity contribution in [1.29, 1.82) is 0 Å². The highest BCUT2D eigenvalue weighted by atomic mass is 19.4. The highest BCUT2D eigenvalue weighted by molar-refractivity contribution is 5.42. The van der Waals surface area contributed by atoms with E-state index >= 15 is 0 Å². The topological polar surface area (TPSA) is 56.7 Å². The zero-order valence-corrected chi connectivity index (χ0v) is 10.2. The van der Waals surface area contributed by atoms with Crippen LogP contribution in [0.5, 0.6) is 0 Å². The quantitative estimate of drug-likeness (QED) is 0.930. The maximum Gasteiger partial charge on any atom is 0.418 e. The van der Waals surface area contributed by atoms with Crippen molar-refractivity contribution in [3.8, 4) is 5.69 Å². The third kappa shape index (κ3) is 3.11. The van der Waals surface area contributed by atoms with E-state index in [2.05, 4.69) is 10.3 Å². The van der Waals surface area contributed by atoms with Gasteiger partial charge in [-0.25, -0.2) is 4.68 Å². The van der Waals surface area contributed by atoms with Crippen molar-refractivity contribution < 1.29 is 13.2 Å². The van der Waals surface area contributed by atoms with E-state index in [9.17, 15) is 13.2 Å². The van der Waals surface area contributed by atoms with Crippen LogP contribution in [0.2, 0.25) is 0 Å². The molecule has 0 aliphatic carbocycles. The third-order valence-corrected chi connectivity index (χ3v) is 2.53. The van der Waals surface area contributed by atoms with E-state index in [-0.39, 0.29) is 11.7 Å². The van der Waals surface area contributed by atoms with Crippen LogP contribution in [0.4, 0.5) is 13.2 Å². The van der Waals surface area contributed by atoms with Crippen molar-refractivity contribution in [2.45, 2.75) is 25.6 Å². The Balaban J connectivity index is 2.39. The largest absolute Gasteiger partial charge is 0.418 e. The first-order valence-corrected chi connectivity index (χ1v) is 5.71. The lowest BCUT2D eigenvalue weighted by atomic mass is 10.1. The summed E-state index contributed by atoms with van der Waals surface area (Å²) in [6.07, 6.45) is -2.49. The van der Waals surface area contributed by atoms with Gasteiger partial charge in [0.15, 0.2) is 0 Å². The number of aromatic nitrogens is 3. The summed E-state index contributed by atoms with van der Waals surface area (Å²) in [6.45, 7) is 1.79. The summed E-state index contributed by atoms with van der Waals surface area (Å²) in [4.78, 5) is 0. The highest BCUT2D eigenvalue weighted by Gasteiger charge is 2.33. The van der Waals surface area contributed by atoms with E-state index in [1.165, 1.54) is 24.4 Å². The van der Waals surface area contributed by atoms with Crippen LogP contribution in [-0.4, -0.2) is 21.0 Å². The number of hydrogen-bond acceptors (Lipinski definition) is 3. The minimum absolute atomic E-state index is 0.0431. The number of nitrogens with two attached hydrogens (primary N) is 1. The van der Waals surface area contributed by atoms with Crippen molar-refractivity contribution in [2.75, 3.05) is 0 Å². The molecule has 0 spiro atoms. The molecule has 102 valence electrons. The van der Waals surface area contributed by atoms with Crippen LogP contribution in [0.3, 0.4) is 0 Å². The van der Waals surface area contributed by atoms with Gasteiger partial charge in [0.1, 0.15) is 0 Å². The second-order valence-corrected chi connectivity index (χ2v) is 4.35. The van der Waals surface area contributed by atoms with E-state index in [1.807, 2.05) is 0 Å². The van der Waals surface area contributed by atoms with Gasteiger partial charge in [0.2, 0.25) is 0 Å². The molecular weight excluding hydrogens is 257 g/mol. The fourth-order valence-corrected chi connectivity index (χ4v) is 1.75. The maximum absolute atomic E-state index is 12.9. The summed E-state index contributed by atoms with van der Waals surface area (Å²) in [6, 6.07) is 5.11. The Morgan fingerprint density at radius 1 is 1.32 bits per heavy atom. The normalized spacial score (nSPS) is 13.5. The van der Waals surface area contributed by atoms with Crippen LogP contribution >= 0.6 is 0 Å². The van der Waals surface area contributed by atoms with Gasteiger partial charge in [0.05, 0.1) is 23.1 Å². The monoisotopic (exact) mass is 270 g/mol. The molecule has 0 aliphatic heterocycles. The fourth-order valence-electron chi connectivity index (χ4n) is 1.75. The predicted molar refractivity (Wildman–Crippen MR) is 63.7 cm³/mol. The van der Waals surface area contributed by atoms with Gasteiger partial charge in [-0.1, -0.05) is 17.3 Å². The van der Waals surface area contributed by atoms with Crippen LogP contribution in [0.15, 0.2) is 30.5 Å². The van der Waals surface area contributed by atoms with E-state index < -0.39 is 11.7 Å². The molecule has 4 nitrogen and oxygen atoms in total. The van der Waals surface area contributed by atoms with E-state index in [0.717, 1.165) is 10.7 Å². The average molecular weight is 270 g/mol. The molecule has 0 radical (unpaired) electrons. The smallest absolute Gasteiger partial charge is 0.328 e. The van der Waals surface area contributed by atoms with Crippen LogP contribution < -0.4 is 5.73 Å². The zero-order chi connectivity index (χ0) is 14.0. The molecule has 0 fully saturated rings. The van der Waals surface area contributed by atoms with Crippen LogP contribution in [0.25, 0.3) is 5.69 Å². The third-order valence-electron chi connectivity index (χ3n) is 2.53. The summed E-state index contributed by atoms with van der Waals surface area (Å²) in [5.74, 6) is 0. The number of nitrogens with zero attached hydrogens (tertiary/aromatic N) is 3. The Morgan fingerprint density at radius 2 is 2.00 bits per heavy atom. The van der Waals surface area contributed by atoms with Gasteiger partial charge in [-0.2, -0.15) is 13.2 Å². The van der Waals surface area contributed by atoms with Gasteiger partial charge in [-0.05, 0) is 19.1 Å². The molecule has 1 unspecified atom stereocenters. The molecule has 19 heavy (non-hydrogen) atoms. The van der Waals surface area contributed by atoms with Crippen molar-refractivity contribution >= 4 is 0 Å². The molecule has 7 heteroatoms. The fraction of sp³-hybridized carbons (Fsp3) is 0.333. The lowest BCUT2D eigenvalue weighted by molar-refractivity contribution is -0.137. The van der Waals surface area contributed by atoms with Gasteiger partial charge < -0.3 is 5.73 Å². The second-order valence-electron chi connectivity index (χ2n) is 4.35. The molecule has 2 N–H and O–H groups in total. The lowest BCUT2D eigenvalue weighted by Crippen LogP contribution is -2.17. The first-order chi connectivity index (χ1) is 8.88. The van der Waals surface area contributed by atoms with Crippen LogP contribution in [0.1, 0.15) is 18.2 Å². The molecule has 1 atom stereocenters. The number of alkyl halides is 3. The first-order valence-electron chi connectivity index (χ1n) is 5.71. The number of para-hydroxylation sites is 1. The molecule has 0 saturated carbocycles. The average Bonchev–Trinajstić information content (AvgIpc) is 2.75. The molecule has 1 aromatic heterocycles. The Morgan fingerprint density at radius 3 is 2.63 bits per heavy atom. The van der Waals surface area contributed by atoms with E-state index in [4.69, 9.17) is 5.73 Å². The van der Waals surface area contributed by atoms with Crippen molar-refractivity contribution in [3.63, 3.8) is 0 Å². The van der Waals surface area contributed by atoms with Gasteiger partial charge in [-0.3, -0.25) is 0 Å². The van der Waals surface area contributed by atoms with E-state index in [1.54, 1.807) is 6.92 Å². The minimum Gasteiger partial charge on any atom is -0.328 e. The summed E-state index contributed by atoms with van der Waals surface area (Å²) >= 11 is 0. The minimum atomic E-state index is -4.43. The first kappa shape index (κ1) is 13.5. The van der Waals surface area contributed by atoms with Gasteiger partial charge >= 0.3 is 6.18 Å². The summed E-state index contributed by atoms with van der Waals surface area (Å²) < 4.78 is 39.7. The molecule has 1 aromatic carbocycles. The highest BCUT2D eigenvalue weighted by Crippen LogP contribution is 2.33. The molecule has 1 heterocycles. The number of rotatable bonds is 3. The molecule has 0 aliphatic rings. The molecule has 2 aromatic rings. The molecular formula is C12H13F3N4. The Kier molecular flexibility index (Phi) is 3.57. The van der Waals surface area contributed by atoms with E-state index in [0.29, 0.717) is 12.1 Å². The molecule has 0 saturated heterocycles. The van der Waals surface area contributed by atoms with Crippen LogP contribution in [-0.2, 0) is 12.6 Å². The van der Waals surface area contributed by atoms with Gasteiger partial charge in [-0.15, -0.1) is 5.10 Å². The molecule has 0 amide bonds. The van der Waals surface area contributed by atoms with Crippen molar-refractivity contribution in [3.05, 3.63) is 41.7 Å². The van der Waals surface area contributed by atoms with Crippen LogP contribution in [0, 0.1) is 0 Å². The Bertz CT molecular complexity index is 560. The van der Waals surface area contributed by atoms with Crippen molar-refractivity contribution in [2.24, 2.45) is 5.73 Å². The zero-order valence-electron chi connectivity index (χ0n) is 10.2. The van der Waals surface area contributed by atoms with Gasteiger partial charge in [0, 0.05) is 12.5 Å². The molecule has 0 bridgehead atoms. The lowest BCUT2D eigenvalue weighted by Gasteiger charge is -2.11. The Labute approximate surface area is 108 Å². The number of halogens is 3. The van der Waals surface area contributed by atoms with Gasteiger partial charge in [0.25, 0.3) is 0 Å².